The van der Waals surface area contributed by atoms with E-state index >= 15 is 0 Å². The highest BCUT2D eigenvalue weighted by atomic mass is 16.6. The van der Waals surface area contributed by atoms with E-state index in [0.29, 0.717) is 12.8 Å². The molecule has 0 aromatic carbocycles. The normalized spacial score (nSPS) is 13.5. The van der Waals surface area contributed by atoms with Crippen molar-refractivity contribution in [2.24, 2.45) is 0 Å². The first-order valence-electron chi connectivity index (χ1n) is 26.6. The van der Waals surface area contributed by atoms with Crippen LogP contribution in [0.4, 0.5) is 0 Å². The SMILES string of the molecule is CC/C=C/C/C=C/C/C=C/C/C=C/C/C=C/C/C=C/CCCCCC(=O)OC(COCCC(C(=O)[O-])[N+](C)(C)C)COC(=O)CCCCCCCCC/C=C/CCCCCCCCCCC. The maximum Gasteiger partial charge on any atom is 0.306 e. The number of hydrogen-bond donors (Lipinski definition) is 0. The molecule has 0 spiro atoms. The second kappa shape index (κ2) is 48.0. The summed E-state index contributed by atoms with van der Waals surface area (Å²) < 4.78 is 17.2. The number of allylic oxidation sites excluding steroid dienone is 14. The van der Waals surface area contributed by atoms with Gasteiger partial charge in [-0.05, 0) is 89.9 Å². The molecular weight excluding hydrogens is 823 g/mol. The minimum Gasteiger partial charge on any atom is -0.544 e. The molecule has 8 nitrogen and oxygen atoms in total. The predicted molar refractivity (Wildman–Crippen MR) is 277 cm³/mol. The van der Waals surface area contributed by atoms with Crippen LogP contribution >= 0.6 is 0 Å². The second-order valence-electron chi connectivity index (χ2n) is 18.7. The Bertz CT molecular complexity index is 1350. The number of hydrogen-bond acceptors (Lipinski definition) is 7. The molecule has 0 saturated heterocycles. The molecule has 0 heterocycles. The molecular formula is C58H99NO7. The maximum absolute atomic E-state index is 12.8. The number of esters is 2. The first-order chi connectivity index (χ1) is 32.1. The fraction of sp³-hybridized carbons (Fsp3) is 0.707. The van der Waals surface area contributed by atoms with E-state index in [4.69, 9.17) is 14.2 Å². The molecule has 2 atom stereocenters. The van der Waals surface area contributed by atoms with Gasteiger partial charge in [0, 0.05) is 19.3 Å². The number of aliphatic carboxylic acids is 1. The first-order valence-corrected chi connectivity index (χ1v) is 26.6. The van der Waals surface area contributed by atoms with Crippen molar-refractivity contribution in [3.8, 4) is 0 Å². The van der Waals surface area contributed by atoms with E-state index in [2.05, 4.69) is 98.9 Å². The summed E-state index contributed by atoms with van der Waals surface area (Å²) in [7, 11) is 5.40. The summed E-state index contributed by atoms with van der Waals surface area (Å²) in [6.07, 6.45) is 63.3. The molecule has 0 aromatic rings. The fourth-order valence-electron chi connectivity index (χ4n) is 7.42. The van der Waals surface area contributed by atoms with Crippen molar-refractivity contribution in [1.29, 1.82) is 0 Å². The van der Waals surface area contributed by atoms with Crippen molar-refractivity contribution in [2.45, 2.75) is 225 Å². The highest BCUT2D eigenvalue weighted by molar-refractivity contribution is 5.70. The molecule has 2 unspecified atom stereocenters. The number of ether oxygens (including phenoxy) is 3. The zero-order valence-corrected chi connectivity index (χ0v) is 43.1. The first kappa shape index (κ1) is 62.5. The average Bonchev–Trinajstić information content (AvgIpc) is 3.28. The van der Waals surface area contributed by atoms with E-state index in [1.54, 1.807) is 21.1 Å². The number of quaternary nitrogens is 1. The Morgan fingerprint density at radius 2 is 0.848 bits per heavy atom. The van der Waals surface area contributed by atoms with E-state index in [0.717, 1.165) is 77.0 Å². The molecule has 0 N–H and O–H groups in total. The summed E-state index contributed by atoms with van der Waals surface area (Å²) in [5.41, 5.74) is 0. The van der Waals surface area contributed by atoms with Crippen LogP contribution in [0, 0.1) is 0 Å². The Kier molecular flexibility index (Phi) is 45.4. The van der Waals surface area contributed by atoms with E-state index in [9.17, 15) is 19.5 Å². The molecule has 0 aliphatic rings. The van der Waals surface area contributed by atoms with Crippen LogP contribution in [-0.2, 0) is 28.6 Å². The molecule has 0 bridgehead atoms. The molecule has 0 aromatic heterocycles. The molecule has 0 fully saturated rings. The van der Waals surface area contributed by atoms with Gasteiger partial charge in [0.05, 0.1) is 40.3 Å². The lowest BCUT2D eigenvalue weighted by Gasteiger charge is -2.34. The van der Waals surface area contributed by atoms with Gasteiger partial charge in [-0.1, -0.05) is 189 Å². The van der Waals surface area contributed by atoms with Crippen LogP contribution in [0.3, 0.4) is 0 Å². The van der Waals surface area contributed by atoms with Gasteiger partial charge in [-0.25, -0.2) is 0 Å². The number of carboxylic acids is 1. The Morgan fingerprint density at radius 3 is 1.29 bits per heavy atom. The van der Waals surface area contributed by atoms with Crippen molar-refractivity contribution in [3.05, 3.63) is 85.1 Å². The Hall–Kier alpha value is -3.49. The fourth-order valence-corrected chi connectivity index (χ4v) is 7.42. The van der Waals surface area contributed by atoms with Gasteiger partial charge in [0.2, 0.25) is 0 Å². The number of likely N-dealkylation sites (N-methyl/N-ethyl adjacent to an activating group) is 1. The molecule has 0 aliphatic heterocycles. The molecule has 8 heteroatoms. The van der Waals surface area contributed by atoms with Crippen LogP contribution in [0.15, 0.2) is 85.1 Å². The van der Waals surface area contributed by atoms with Gasteiger partial charge in [-0.15, -0.1) is 0 Å². The maximum atomic E-state index is 12.8. The van der Waals surface area contributed by atoms with Gasteiger partial charge < -0.3 is 28.6 Å². The molecule has 0 amide bonds. The molecule has 0 radical (unpaired) electrons. The number of carboxylic acid groups (broad SMARTS) is 1. The lowest BCUT2D eigenvalue weighted by Crippen LogP contribution is -2.55. The number of nitrogens with zero attached hydrogens (tertiary/aromatic N) is 1. The topological polar surface area (TPSA) is 102 Å². The zero-order chi connectivity index (χ0) is 48.4. The highest BCUT2D eigenvalue weighted by Gasteiger charge is 2.25. The number of carbonyl (C=O) groups excluding carboxylic acids is 3. The van der Waals surface area contributed by atoms with Crippen molar-refractivity contribution in [2.75, 3.05) is 41.0 Å². The van der Waals surface area contributed by atoms with E-state index < -0.39 is 18.1 Å². The van der Waals surface area contributed by atoms with Gasteiger partial charge >= 0.3 is 11.9 Å². The molecule has 378 valence electrons. The summed E-state index contributed by atoms with van der Waals surface area (Å²) in [6.45, 7) is 4.52. The van der Waals surface area contributed by atoms with Gasteiger partial charge in [-0.3, -0.25) is 9.59 Å². The molecule has 66 heavy (non-hydrogen) atoms. The van der Waals surface area contributed by atoms with Crippen LogP contribution < -0.4 is 5.11 Å². The van der Waals surface area contributed by atoms with Gasteiger partial charge in [0.1, 0.15) is 12.6 Å². The second-order valence-corrected chi connectivity index (χ2v) is 18.7. The van der Waals surface area contributed by atoms with Crippen molar-refractivity contribution in [1.82, 2.24) is 0 Å². The standard InChI is InChI=1S/C58H99NO7/c1-6-8-10-12-14-16-18-20-22-24-26-28-29-31-33-35-37-39-41-43-45-47-49-57(61)66-54(52-64-51-50-55(58(62)63)59(3,4)5)53-65-56(60)48-46-44-42-40-38-36-34-32-30-27-25-23-21-19-17-15-13-11-9-7-2/h8,10,14,16,20,22,26-28,30-31,33,37,39,54-55H,6-7,9,11-13,15,17-19,21,23-25,29,32,34-36,38,40-53H2,1-5H3/b10-8+,16-14+,22-20+,28-26+,30-27+,33-31+,39-37+. The molecule has 0 rings (SSSR count). The summed E-state index contributed by atoms with van der Waals surface area (Å²) in [5.74, 6) is -1.79. The van der Waals surface area contributed by atoms with Crippen LogP contribution in [0.25, 0.3) is 0 Å². The van der Waals surface area contributed by atoms with Gasteiger partial charge in [0.15, 0.2) is 6.10 Å². The molecule has 0 aliphatic carbocycles. The van der Waals surface area contributed by atoms with Crippen molar-refractivity contribution < 1.29 is 38.2 Å². The Morgan fingerprint density at radius 1 is 0.470 bits per heavy atom. The Labute approximate surface area is 405 Å². The van der Waals surface area contributed by atoms with Crippen LogP contribution in [0.1, 0.15) is 213 Å². The highest BCUT2D eigenvalue weighted by Crippen LogP contribution is 2.14. The summed E-state index contributed by atoms with van der Waals surface area (Å²) in [4.78, 5) is 37.1. The smallest absolute Gasteiger partial charge is 0.306 e. The summed E-state index contributed by atoms with van der Waals surface area (Å²) in [6, 6.07) is -0.738. The summed E-state index contributed by atoms with van der Waals surface area (Å²) >= 11 is 0. The Balaban J connectivity index is 4.32. The minimum atomic E-state index is -1.13. The third-order valence-electron chi connectivity index (χ3n) is 11.5. The van der Waals surface area contributed by atoms with Crippen molar-refractivity contribution in [3.63, 3.8) is 0 Å². The monoisotopic (exact) mass is 922 g/mol. The predicted octanol–water partition coefficient (Wildman–Crippen LogP) is 14.3. The number of carbonyl (C=O) groups is 3. The largest absolute Gasteiger partial charge is 0.544 e. The van der Waals surface area contributed by atoms with E-state index in [-0.39, 0.29) is 49.1 Å². The zero-order valence-electron chi connectivity index (χ0n) is 43.1. The van der Waals surface area contributed by atoms with Crippen LogP contribution in [0.5, 0.6) is 0 Å². The van der Waals surface area contributed by atoms with Crippen molar-refractivity contribution >= 4 is 17.9 Å². The third-order valence-corrected chi connectivity index (χ3v) is 11.5. The van der Waals surface area contributed by atoms with Crippen LogP contribution in [0.2, 0.25) is 0 Å². The minimum absolute atomic E-state index is 0.0215. The van der Waals surface area contributed by atoms with Gasteiger partial charge in [0.25, 0.3) is 0 Å². The lowest BCUT2D eigenvalue weighted by molar-refractivity contribution is -0.889. The van der Waals surface area contributed by atoms with Crippen LogP contribution in [-0.4, -0.2) is 75.5 Å². The number of rotatable bonds is 47. The van der Waals surface area contributed by atoms with E-state index in [1.807, 2.05) is 0 Å². The number of unbranched alkanes of at least 4 members (excludes halogenated alkanes) is 19. The quantitative estimate of drug-likeness (QED) is 0.0259. The van der Waals surface area contributed by atoms with E-state index in [1.165, 1.54) is 96.3 Å². The lowest BCUT2D eigenvalue weighted by atomic mass is 10.1. The average molecular weight is 922 g/mol. The molecule has 0 saturated carbocycles. The third kappa shape index (κ3) is 45.7. The van der Waals surface area contributed by atoms with Gasteiger partial charge in [-0.2, -0.15) is 0 Å². The summed E-state index contributed by atoms with van der Waals surface area (Å²) in [5, 5.41) is 11.7.